The van der Waals surface area contributed by atoms with Gasteiger partial charge in [0.05, 0.1) is 13.2 Å². The molecule has 0 radical (unpaired) electrons. The minimum atomic E-state index is 0.228. The molecule has 0 atom stereocenters. The summed E-state index contributed by atoms with van der Waals surface area (Å²) in [4.78, 5) is 0. The molecule has 3 nitrogen and oxygen atoms in total. The molecule has 0 bridgehead atoms. The summed E-state index contributed by atoms with van der Waals surface area (Å²) in [6, 6.07) is 0. The molecule has 74 valence electrons. The van der Waals surface area contributed by atoms with Crippen molar-refractivity contribution in [3.63, 3.8) is 0 Å². The van der Waals surface area contributed by atoms with Crippen LogP contribution in [0.4, 0.5) is 0 Å². The van der Waals surface area contributed by atoms with Crippen LogP contribution >= 0.6 is 0 Å². The first kappa shape index (κ1) is 11.9. The second-order valence-electron chi connectivity index (χ2n) is 3.57. The first-order valence-corrected chi connectivity index (χ1v) is 4.65. The highest BCUT2D eigenvalue weighted by Gasteiger charge is 2.12. The van der Waals surface area contributed by atoms with E-state index in [2.05, 4.69) is 26.1 Å². The number of rotatable bonds is 7. The van der Waals surface area contributed by atoms with E-state index in [0.29, 0.717) is 13.2 Å². The standard InChI is InChI=1S/C9H22N2O/c1-4-9(2,3)11-6-8-12-7-5-10/h11H,4-8,10H2,1-3H3. The van der Waals surface area contributed by atoms with Crippen LogP contribution in [0.2, 0.25) is 0 Å². The van der Waals surface area contributed by atoms with Crippen molar-refractivity contribution in [1.29, 1.82) is 0 Å². The van der Waals surface area contributed by atoms with E-state index in [1.807, 2.05) is 0 Å². The Balaban J connectivity index is 3.19. The minimum Gasteiger partial charge on any atom is -0.379 e. The van der Waals surface area contributed by atoms with Crippen LogP contribution in [-0.4, -0.2) is 31.8 Å². The van der Waals surface area contributed by atoms with E-state index in [4.69, 9.17) is 10.5 Å². The van der Waals surface area contributed by atoms with Gasteiger partial charge in [0.25, 0.3) is 0 Å². The third-order valence-electron chi connectivity index (χ3n) is 2.00. The lowest BCUT2D eigenvalue weighted by atomic mass is 10.0. The number of ether oxygens (including phenoxy) is 1. The zero-order valence-electron chi connectivity index (χ0n) is 8.52. The van der Waals surface area contributed by atoms with Crippen LogP contribution in [0.25, 0.3) is 0 Å². The van der Waals surface area contributed by atoms with Crippen molar-refractivity contribution in [2.24, 2.45) is 5.73 Å². The summed E-state index contributed by atoms with van der Waals surface area (Å²) in [6.07, 6.45) is 1.13. The normalized spacial score (nSPS) is 12.0. The lowest BCUT2D eigenvalue weighted by Gasteiger charge is -2.24. The molecule has 0 aliphatic carbocycles. The fourth-order valence-electron chi connectivity index (χ4n) is 0.772. The van der Waals surface area contributed by atoms with Crippen LogP contribution in [-0.2, 0) is 4.74 Å². The van der Waals surface area contributed by atoms with Gasteiger partial charge in [-0.1, -0.05) is 6.92 Å². The van der Waals surface area contributed by atoms with Crippen LogP contribution in [0, 0.1) is 0 Å². The van der Waals surface area contributed by atoms with Crippen molar-refractivity contribution in [2.75, 3.05) is 26.3 Å². The average molecular weight is 174 g/mol. The van der Waals surface area contributed by atoms with Crippen LogP contribution in [0.3, 0.4) is 0 Å². The zero-order chi connectivity index (χ0) is 9.45. The van der Waals surface area contributed by atoms with Gasteiger partial charge in [-0.05, 0) is 20.3 Å². The van der Waals surface area contributed by atoms with Crippen LogP contribution in [0.5, 0.6) is 0 Å². The van der Waals surface area contributed by atoms with Crippen molar-refractivity contribution in [2.45, 2.75) is 32.7 Å². The molecule has 12 heavy (non-hydrogen) atoms. The minimum absolute atomic E-state index is 0.228. The van der Waals surface area contributed by atoms with Gasteiger partial charge in [0.15, 0.2) is 0 Å². The fourth-order valence-corrected chi connectivity index (χ4v) is 0.772. The third-order valence-corrected chi connectivity index (χ3v) is 2.00. The predicted octanol–water partition coefficient (Wildman–Crippen LogP) is 0.740. The molecular formula is C9H22N2O. The molecule has 0 aromatic carbocycles. The molecule has 0 fully saturated rings. The first-order chi connectivity index (χ1) is 5.62. The van der Waals surface area contributed by atoms with E-state index in [0.717, 1.165) is 19.6 Å². The Bertz CT molecular complexity index is 105. The molecule has 0 aliphatic rings. The van der Waals surface area contributed by atoms with Crippen molar-refractivity contribution < 1.29 is 4.74 Å². The fraction of sp³-hybridized carbons (Fsp3) is 1.00. The highest BCUT2D eigenvalue weighted by molar-refractivity contribution is 4.74. The van der Waals surface area contributed by atoms with Gasteiger partial charge in [0, 0.05) is 18.6 Å². The lowest BCUT2D eigenvalue weighted by molar-refractivity contribution is 0.136. The van der Waals surface area contributed by atoms with Crippen molar-refractivity contribution >= 4 is 0 Å². The van der Waals surface area contributed by atoms with E-state index in [1.165, 1.54) is 0 Å². The Morgan fingerprint density at radius 2 is 2.00 bits per heavy atom. The Kier molecular flexibility index (Phi) is 6.34. The molecule has 0 aromatic rings. The number of hydrogen-bond donors (Lipinski definition) is 2. The maximum absolute atomic E-state index is 5.28. The van der Waals surface area contributed by atoms with Gasteiger partial charge >= 0.3 is 0 Å². The summed E-state index contributed by atoms with van der Waals surface area (Å²) in [5.74, 6) is 0. The highest BCUT2D eigenvalue weighted by Crippen LogP contribution is 2.05. The predicted molar refractivity (Wildman–Crippen MR) is 52.2 cm³/mol. The monoisotopic (exact) mass is 174 g/mol. The number of nitrogens with two attached hydrogens (primary N) is 1. The molecule has 0 rings (SSSR count). The van der Waals surface area contributed by atoms with Gasteiger partial charge in [0.1, 0.15) is 0 Å². The molecule has 0 unspecified atom stereocenters. The second kappa shape index (κ2) is 6.40. The maximum atomic E-state index is 5.28. The van der Waals surface area contributed by atoms with E-state index in [1.54, 1.807) is 0 Å². The summed E-state index contributed by atoms with van der Waals surface area (Å²) in [7, 11) is 0. The SMILES string of the molecule is CCC(C)(C)NCCOCCN. The third kappa shape index (κ3) is 6.58. The Morgan fingerprint density at radius 3 is 2.50 bits per heavy atom. The van der Waals surface area contributed by atoms with Gasteiger partial charge in [0.2, 0.25) is 0 Å². The Morgan fingerprint density at radius 1 is 1.33 bits per heavy atom. The highest BCUT2D eigenvalue weighted by atomic mass is 16.5. The molecule has 0 spiro atoms. The molecule has 0 aromatic heterocycles. The molecule has 0 aliphatic heterocycles. The van der Waals surface area contributed by atoms with E-state index < -0.39 is 0 Å². The molecule has 0 saturated heterocycles. The van der Waals surface area contributed by atoms with Crippen molar-refractivity contribution in [3.8, 4) is 0 Å². The van der Waals surface area contributed by atoms with E-state index in [-0.39, 0.29) is 5.54 Å². The molecular weight excluding hydrogens is 152 g/mol. The maximum Gasteiger partial charge on any atom is 0.0591 e. The molecule has 3 N–H and O–H groups in total. The van der Waals surface area contributed by atoms with Gasteiger partial charge in [-0.25, -0.2) is 0 Å². The number of hydrogen-bond acceptors (Lipinski definition) is 3. The average Bonchev–Trinajstić information content (AvgIpc) is 2.04. The summed E-state index contributed by atoms with van der Waals surface area (Å²) in [5, 5.41) is 3.40. The van der Waals surface area contributed by atoms with Crippen LogP contribution in [0.1, 0.15) is 27.2 Å². The van der Waals surface area contributed by atoms with Crippen molar-refractivity contribution in [1.82, 2.24) is 5.32 Å². The molecule has 0 amide bonds. The Labute approximate surface area is 75.7 Å². The van der Waals surface area contributed by atoms with Gasteiger partial charge in [-0.15, -0.1) is 0 Å². The lowest BCUT2D eigenvalue weighted by Crippen LogP contribution is -2.40. The molecule has 0 heterocycles. The Hall–Kier alpha value is -0.120. The second-order valence-corrected chi connectivity index (χ2v) is 3.57. The van der Waals surface area contributed by atoms with Gasteiger partial charge < -0.3 is 15.8 Å². The number of nitrogens with one attached hydrogen (secondary N) is 1. The van der Waals surface area contributed by atoms with Gasteiger partial charge in [-0.3, -0.25) is 0 Å². The van der Waals surface area contributed by atoms with E-state index in [9.17, 15) is 0 Å². The topological polar surface area (TPSA) is 47.3 Å². The molecule has 0 saturated carbocycles. The first-order valence-electron chi connectivity index (χ1n) is 4.65. The van der Waals surface area contributed by atoms with E-state index >= 15 is 0 Å². The summed E-state index contributed by atoms with van der Waals surface area (Å²) in [6.45, 7) is 9.48. The largest absolute Gasteiger partial charge is 0.379 e. The summed E-state index contributed by atoms with van der Waals surface area (Å²) >= 11 is 0. The summed E-state index contributed by atoms with van der Waals surface area (Å²) < 4.78 is 5.24. The van der Waals surface area contributed by atoms with Gasteiger partial charge in [-0.2, -0.15) is 0 Å². The summed E-state index contributed by atoms with van der Waals surface area (Å²) in [5.41, 5.74) is 5.51. The molecule has 3 heteroatoms. The smallest absolute Gasteiger partial charge is 0.0591 e. The van der Waals surface area contributed by atoms with Crippen LogP contribution in [0.15, 0.2) is 0 Å². The quantitative estimate of drug-likeness (QED) is 0.560. The zero-order valence-corrected chi connectivity index (χ0v) is 8.52. The van der Waals surface area contributed by atoms with Crippen molar-refractivity contribution in [3.05, 3.63) is 0 Å². The van der Waals surface area contributed by atoms with Crippen LogP contribution < -0.4 is 11.1 Å².